The van der Waals surface area contributed by atoms with E-state index in [-0.39, 0.29) is 0 Å². The van der Waals surface area contributed by atoms with Crippen LogP contribution in [0.4, 0.5) is 0 Å². The SMILES string of the molecule is COc1[c]c2cccc(Cl)c2cc1. The fourth-order valence-electron chi connectivity index (χ4n) is 1.27. The molecule has 0 aliphatic heterocycles. The molecule has 2 aromatic carbocycles. The minimum Gasteiger partial charge on any atom is -0.496 e. The van der Waals surface area contributed by atoms with Gasteiger partial charge in [-0.2, -0.15) is 0 Å². The van der Waals surface area contributed by atoms with Gasteiger partial charge in [-0.25, -0.2) is 0 Å². The molecule has 0 spiro atoms. The molecule has 1 nitrogen and oxygen atoms in total. The third-order valence-electron chi connectivity index (χ3n) is 1.93. The normalized spacial score (nSPS) is 10.3. The Labute approximate surface area is 81.9 Å². The molecule has 0 fully saturated rings. The van der Waals surface area contributed by atoms with E-state index in [4.69, 9.17) is 16.3 Å². The number of hydrogen-bond donors (Lipinski definition) is 0. The van der Waals surface area contributed by atoms with Crippen molar-refractivity contribution in [2.75, 3.05) is 7.11 Å². The Kier molecular flexibility index (Phi) is 2.11. The maximum absolute atomic E-state index is 5.99. The predicted octanol–water partition coefficient (Wildman–Crippen LogP) is 3.30. The molecular weight excluding hydrogens is 184 g/mol. The molecule has 0 heterocycles. The van der Waals surface area contributed by atoms with Crippen LogP contribution in [0.3, 0.4) is 0 Å². The summed E-state index contributed by atoms with van der Waals surface area (Å²) < 4.78 is 5.06. The summed E-state index contributed by atoms with van der Waals surface area (Å²) in [6, 6.07) is 12.6. The van der Waals surface area contributed by atoms with Crippen LogP contribution in [0.25, 0.3) is 10.8 Å². The zero-order valence-corrected chi connectivity index (χ0v) is 7.93. The summed E-state index contributed by atoms with van der Waals surface area (Å²) in [5.74, 6) is 0.731. The molecule has 0 saturated carbocycles. The lowest BCUT2D eigenvalue weighted by Crippen LogP contribution is -1.82. The highest BCUT2D eigenvalue weighted by atomic mass is 35.5. The van der Waals surface area contributed by atoms with Crippen LogP contribution in [0, 0.1) is 6.07 Å². The van der Waals surface area contributed by atoms with Crippen molar-refractivity contribution in [3.05, 3.63) is 41.4 Å². The van der Waals surface area contributed by atoms with Gasteiger partial charge in [0, 0.05) is 16.5 Å². The molecule has 13 heavy (non-hydrogen) atoms. The Morgan fingerprint density at radius 1 is 1.23 bits per heavy atom. The Balaban J connectivity index is 2.72. The van der Waals surface area contributed by atoms with E-state index in [0.717, 1.165) is 21.5 Å². The second kappa shape index (κ2) is 3.27. The smallest absolute Gasteiger partial charge is 0.127 e. The number of halogens is 1. The van der Waals surface area contributed by atoms with E-state index in [1.165, 1.54) is 0 Å². The van der Waals surface area contributed by atoms with Crippen LogP contribution in [0.2, 0.25) is 5.02 Å². The van der Waals surface area contributed by atoms with E-state index >= 15 is 0 Å². The molecule has 0 atom stereocenters. The van der Waals surface area contributed by atoms with Crippen molar-refractivity contribution in [2.24, 2.45) is 0 Å². The topological polar surface area (TPSA) is 9.23 Å². The van der Waals surface area contributed by atoms with Crippen molar-refractivity contribution in [1.82, 2.24) is 0 Å². The van der Waals surface area contributed by atoms with Crippen molar-refractivity contribution >= 4 is 22.4 Å². The summed E-state index contributed by atoms with van der Waals surface area (Å²) in [6.45, 7) is 0. The highest BCUT2D eigenvalue weighted by Gasteiger charge is 1.99. The highest BCUT2D eigenvalue weighted by molar-refractivity contribution is 6.35. The van der Waals surface area contributed by atoms with Crippen LogP contribution in [-0.2, 0) is 0 Å². The minimum atomic E-state index is 0.731. The fraction of sp³-hybridized carbons (Fsp3) is 0.0909. The first kappa shape index (κ1) is 8.39. The number of hydrogen-bond acceptors (Lipinski definition) is 1. The molecular formula is C11H8ClO. The Hall–Kier alpha value is -1.21. The molecule has 65 valence electrons. The lowest BCUT2D eigenvalue weighted by molar-refractivity contribution is 0.414. The molecule has 2 heteroatoms. The van der Waals surface area contributed by atoms with E-state index in [1.807, 2.05) is 30.3 Å². The molecule has 1 radical (unpaired) electrons. The van der Waals surface area contributed by atoms with Gasteiger partial charge in [-0.05, 0) is 23.6 Å². The highest BCUT2D eigenvalue weighted by Crippen LogP contribution is 2.25. The summed E-state index contributed by atoms with van der Waals surface area (Å²) in [6.07, 6.45) is 0. The van der Waals surface area contributed by atoms with Gasteiger partial charge in [0.2, 0.25) is 0 Å². The third kappa shape index (κ3) is 1.47. The fourth-order valence-corrected chi connectivity index (χ4v) is 1.51. The van der Waals surface area contributed by atoms with Crippen LogP contribution in [-0.4, -0.2) is 7.11 Å². The van der Waals surface area contributed by atoms with Gasteiger partial charge in [0.1, 0.15) is 5.75 Å². The monoisotopic (exact) mass is 191 g/mol. The van der Waals surface area contributed by atoms with Crippen LogP contribution in [0.5, 0.6) is 5.75 Å². The van der Waals surface area contributed by atoms with Gasteiger partial charge in [-0.15, -0.1) is 0 Å². The third-order valence-corrected chi connectivity index (χ3v) is 2.26. The van der Waals surface area contributed by atoms with Crippen molar-refractivity contribution < 1.29 is 4.74 Å². The van der Waals surface area contributed by atoms with Crippen molar-refractivity contribution in [3.8, 4) is 5.75 Å². The van der Waals surface area contributed by atoms with Crippen molar-refractivity contribution in [2.45, 2.75) is 0 Å². The molecule has 2 rings (SSSR count). The largest absolute Gasteiger partial charge is 0.496 e. The van der Waals surface area contributed by atoms with Crippen molar-refractivity contribution in [3.63, 3.8) is 0 Å². The van der Waals surface area contributed by atoms with Gasteiger partial charge < -0.3 is 4.74 Å². The maximum Gasteiger partial charge on any atom is 0.127 e. The lowest BCUT2D eigenvalue weighted by Gasteiger charge is -2.02. The standard InChI is InChI=1S/C11H8ClO/c1-13-9-5-6-10-8(7-9)3-2-4-11(10)12/h2-6H,1H3. The quantitative estimate of drug-likeness (QED) is 0.672. The van der Waals surface area contributed by atoms with Crippen molar-refractivity contribution in [1.29, 1.82) is 0 Å². The molecule has 0 saturated heterocycles. The average Bonchev–Trinajstić information content (AvgIpc) is 2.18. The summed E-state index contributed by atoms with van der Waals surface area (Å²) in [5, 5.41) is 2.73. The maximum atomic E-state index is 5.99. The number of ether oxygens (including phenoxy) is 1. The molecule has 2 aromatic rings. The summed E-state index contributed by atoms with van der Waals surface area (Å²) in [4.78, 5) is 0. The van der Waals surface area contributed by atoms with Gasteiger partial charge in [0.15, 0.2) is 0 Å². The second-order valence-electron chi connectivity index (χ2n) is 2.73. The van der Waals surface area contributed by atoms with Gasteiger partial charge in [0.25, 0.3) is 0 Å². The molecule has 0 amide bonds. The van der Waals surface area contributed by atoms with E-state index < -0.39 is 0 Å². The Bertz CT molecular complexity index is 437. The van der Waals surface area contributed by atoms with Crippen LogP contribution in [0.15, 0.2) is 30.3 Å². The molecule has 0 N–H and O–H groups in total. The van der Waals surface area contributed by atoms with Gasteiger partial charge in [0.05, 0.1) is 7.11 Å². The van der Waals surface area contributed by atoms with E-state index in [1.54, 1.807) is 7.11 Å². The van der Waals surface area contributed by atoms with Gasteiger partial charge >= 0.3 is 0 Å². The predicted molar refractivity (Wildman–Crippen MR) is 54.3 cm³/mol. The zero-order chi connectivity index (χ0) is 9.26. The van der Waals surface area contributed by atoms with Gasteiger partial charge in [-0.1, -0.05) is 23.7 Å². The van der Waals surface area contributed by atoms with Crippen LogP contribution >= 0.6 is 11.6 Å². The molecule has 0 aliphatic rings. The molecule has 0 aromatic heterocycles. The summed E-state index contributed by atoms with van der Waals surface area (Å²) in [7, 11) is 1.63. The first-order chi connectivity index (χ1) is 6.31. The summed E-state index contributed by atoms with van der Waals surface area (Å²) >= 11 is 5.99. The van der Waals surface area contributed by atoms with Crippen LogP contribution < -0.4 is 4.74 Å². The Morgan fingerprint density at radius 3 is 2.85 bits per heavy atom. The van der Waals surface area contributed by atoms with E-state index in [0.29, 0.717) is 0 Å². The van der Waals surface area contributed by atoms with Crippen LogP contribution in [0.1, 0.15) is 0 Å². The Morgan fingerprint density at radius 2 is 2.08 bits per heavy atom. The minimum absolute atomic E-state index is 0.731. The number of benzene rings is 2. The molecule has 0 bridgehead atoms. The number of methoxy groups -OCH3 is 1. The van der Waals surface area contributed by atoms with E-state index in [9.17, 15) is 0 Å². The van der Waals surface area contributed by atoms with E-state index in [2.05, 4.69) is 6.07 Å². The first-order valence-corrected chi connectivity index (χ1v) is 4.33. The average molecular weight is 192 g/mol. The number of rotatable bonds is 1. The molecule has 0 aliphatic carbocycles. The lowest BCUT2D eigenvalue weighted by atomic mass is 10.1. The number of fused-ring (bicyclic) bond motifs is 1. The zero-order valence-electron chi connectivity index (χ0n) is 7.17. The summed E-state index contributed by atoms with van der Waals surface area (Å²) in [5.41, 5.74) is 0. The molecule has 0 unspecified atom stereocenters. The van der Waals surface area contributed by atoms with Gasteiger partial charge in [-0.3, -0.25) is 0 Å². The second-order valence-corrected chi connectivity index (χ2v) is 3.13. The first-order valence-electron chi connectivity index (χ1n) is 3.96.